The predicted octanol–water partition coefficient (Wildman–Crippen LogP) is 2.45. The van der Waals surface area contributed by atoms with Gasteiger partial charge in [0.15, 0.2) is 5.96 Å². The van der Waals surface area contributed by atoms with Crippen LogP contribution in [-0.2, 0) is 16.0 Å². The number of ether oxygens (including phenoxy) is 2. The lowest BCUT2D eigenvalue weighted by Crippen LogP contribution is -2.38. The number of nitrogens with zero attached hydrogens (tertiary/aromatic N) is 2. The minimum absolute atomic E-state index is 0.454. The van der Waals surface area contributed by atoms with Gasteiger partial charge in [0.05, 0.1) is 19.8 Å². The second-order valence-electron chi connectivity index (χ2n) is 5.59. The first-order valence-corrected chi connectivity index (χ1v) is 8.92. The average Bonchev–Trinajstić information content (AvgIpc) is 3.15. The van der Waals surface area contributed by atoms with E-state index in [0.29, 0.717) is 32.3 Å². The highest BCUT2D eigenvalue weighted by Gasteiger charge is 2.06. The van der Waals surface area contributed by atoms with E-state index in [0.717, 1.165) is 36.7 Å². The molecule has 0 aliphatic carbocycles. The Hall–Kier alpha value is -2.38. The highest BCUT2D eigenvalue weighted by atomic mass is 16.5. The SMILES string of the molecule is CCNC(=NCc1coc(-c2ccccc2)n1)NCCCOCCOC. The summed E-state index contributed by atoms with van der Waals surface area (Å²) in [6.07, 6.45) is 2.55. The van der Waals surface area contributed by atoms with Crippen LogP contribution in [0, 0.1) is 0 Å². The van der Waals surface area contributed by atoms with Crippen molar-refractivity contribution in [3.05, 3.63) is 42.3 Å². The summed E-state index contributed by atoms with van der Waals surface area (Å²) in [5.41, 5.74) is 1.75. The van der Waals surface area contributed by atoms with Gasteiger partial charge in [0.25, 0.3) is 0 Å². The summed E-state index contributed by atoms with van der Waals surface area (Å²) in [6, 6.07) is 9.83. The first kappa shape index (κ1) is 19.9. The maximum absolute atomic E-state index is 5.54. The number of aliphatic imine (C=N–C) groups is 1. The van der Waals surface area contributed by atoms with E-state index < -0.39 is 0 Å². The number of hydrogen-bond acceptors (Lipinski definition) is 5. The van der Waals surface area contributed by atoms with Gasteiger partial charge < -0.3 is 24.5 Å². The summed E-state index contributed by atoms with van der Waals surface area (Å²) in [5.74, 6) is 1.37. The molecule has 0 saturated heterocycles. The van der Waals surface area contributed by atoms with Crippen LogP contribution >= 0.6 is 0 Å². The molecular weight excluding hydrogens is 332 g/mol. The Bertz CT molecular complexity index is 643. The molecule has 142 valence electrons. The van der Waals surface area contributed by atoms with Gasteiger partial charge in [-0.05, 0) is 25.5 Å². The van der Waals surface area contributed by atoms with Crippen molar-refractivity contribution in [1.82, 2.24) is 15.6 Å². The molecule has 2 rings (SSSR count). The van der Waals surface area contributed by atoms with Crippen LogP contribution in [0.1, 0.15) is 19.0 Å². The fourth-order valence-corrected chi connectivity index (χ4v) is 2.22. The Morgan fingerprint density at radius 1 is 1.15 bits per heavy atom. The molecule has 0 aliphatic heterocycles. The molecule has 0 atom stereocenters. The lowest BCUT2D eigenvalue weighted by molar-refractivity contribution is 0.0698. The Morgan fingerprint density at radius 2 is 2.00 bits per heavy atom. The first-order chi connectivity index (χ1) is 12.8. The van der Waals surface area contributed by atoms with Crippen molar-refractivity contribution in [3.8, 4) is 11.5 Å². The molecule has 0 amide bonds. The molecule has 7 nitrogen and oxygen atoms in total. The van der Waals surface area contributed by atoms with E-state index in [2.05, 4.69) is 20.6 Å². The summed E-state index contributed by atoms with van der Waals surface area (Å²) in [4.78, 5) is 9.04. The van der Waals surface area contributed by atoms with Gasteiger partial charge in [-0.15, -0.1) is 0 Å². The van der Waals surface area contributed by atoms with E-state index in [1.807, 2.05) is 37.3 Å². The van der Waals surface area contributed by atoms with Crippen LogP contribution in [-0.4, -0.2) is 51.0 Å². The van der Waals surface area contributed by atoms with Crippen LogP contribution in [0.5, 0.6) is 0 Å². The van der Waals surface area contributed by atoms with Crippen molar-refractivity contribution < 1.29 is 13.9 Å². The summed E-state index contributed by atoms with van der Waals surface area (Å²) >= 11 is 0. The summed E-state index contributed by atoms with van der Waals surface area (Å²) in [6.45, 7) is 6.02. The number of aromatic nitrogens is 1. The third-order valence-corrected chi connectivity index (χ3v) is 3.51. The van der Waals surface area contributed by atoms with E-state index in [9.17, 15) is 0 Å². The molecule has 2 N–H and O–H groups in total. The van der Waals surface area contributed by atoms with Gasteiger partial charge >= 0.3 is 0 Å². The standard InChI is InChI=1S/C19H28N4O3/c1-3-20-19(21-10-7-11-25-13-12-24-2)22-14-17-15-26-18(23-17)16-8-5-4-6-9-16/h4-6,8-9,15H,3,7,10-14H2,1-2H3,(H2,20,21,22). The Balaban J connectivity index is 1.78. The van der Waals surface area contributed by atoms with Crippen LogP contribution in [0.25, 0.3) is 11.5 Å². The first-order valence-electron chi connectivity index (χ1n) is 8.92. The molecule has 2 aromatic rings. The number of oxazole rings is 1. The number of methoxy groups -OCH3 is 1. The fourth-order valence-electron chi connectivity index (χ4n) is 2.22. The quantitative estimate of drug-likeness (QED) is 0.364. The molecule has 1 aromatic heterocycles. The molecule has 0 radical (unpaired) electrons. The third-order valence-electron chi connectivity index (χ3n) is 3.51. The molecule has 0 spiro atoms. The number of rotatable bonds is 11. The van der Waals surface area contributed by atoms with Gasteiger partial charge in [-0.1, -0.05) is 18.2 Å². The summed E-state index contributed by atoms with van der Waals surface area (Å²) in [7, 11) is 1.67. The second-order valence-corrected chi connectivity index (χ2v) is 5.59. The summed E-state index contributed by atoms with van der Waals surface area (Å²) in [5, 5.41) is 6.51. The number of benzene rings is 1. The van der Waals surface area contributed by atoms with E-state index in [1.54, 1.807) is 13.4 Å². The monoisotopic (exact) mass is 360 g/mol. The molecule has 26 heavy (non-hydrogen) atoms. The van der Waals surface area contributed by atoms with Gasteiger partial charge in [0.1, 0.15) is 12.0 Å². The Kier molecular flexibility index (Phi) is 9.24. The van der Waals surface area contributed by atoms with E-state index >= 15 is 0 Å². The number of nitrogens with one attached hydrogen (secondary N) is 2. The highest BCUT2D eigenvalue weighted by Crippen LogP contribution is 2.18. The lowest BCUT2D eigenvalue weighted by atomic mass is 10.2. The third kappa shape index (κ3) is 7.25. The zero-order valence-electron chi connectivity index (χ0n) is 15.5. The van der Waals surface area contributed by atoms with Gasteiger partial charge in [-0.25, -0.2) is 9.98 Å². The molecular formula is C19H28N4O3. The maximum atomic E-state index is 5.54. The Morgan fingerprint density at radius 3 is 2.77 bits per heavy atom. The predicted molar refractivity (Wildman–Crippen MR) is 102 cm³/mol. The van der Waals surface area contributed by atoms with Gasteiger partial charge in [-0.3, -0.25) is 0 Å². The van der Waals surface area contributed by atoms with Crippen LogP contribution in [0.3, 0.4) is 0 Å². The van der Waals surface area contributed by atoms with Crippen molar-refractivity contribution in [2.45, 2.75) is 19.9 Å². The van der Waals surface area contributed by atoms with Crippen LogP contribution in [0.4, 0.5) is 0 Å². The largest absolute Gasteiger partial charge is 0.444 e. The van der Waals surface area contributed by atoms with Crippen LogP contribution in [0.2, 0.25) is 0 Å². The summed E-state index contributed by atoms with van der Waals surface area (Å²) < 4.78 is 15.9. The Labute approximate surface area is 154 Å². The topological polar surface area (TPSA) is 80.9 Å². The number of hydrogen-bond donors (Lipinski definition) is 2. The average molecular weight is 360 g/mol. The molecule has 1 heterocycles. The molecule has 0 aliphatic rings. The number of guanidine groups is 1. The molecule has 0 saturated carbocycles. The van der Waals surface area contributed by atoms with Crippen molar-refractivity contribution in [3.63, 3.8) is 0 Å². The van der Waals surface area contributed by atoms with Gasteiger partial charge in [0, 0.05) is 32.4 Å². The maximum Gasteiger partial charge on any atom is 0.226 e. The van der Waals surface area contributed by atoms with E-state index in [4.69, 9.17) is 13.9 Å². The van der Waals surface area contributed by atoms with Gasteiger partial charge in [-0.2, -0.15) is 0 Å². The van der Waals surface area contributed by atoms with Crippen molar-refractivity contribution >= 4 is 5.96 Å². The van der Waals surface area contributed by atoms with Crippen molar-refractivity contribution in [1.29, 1.82) is 0 Å². The molecule has 0 unspecified atom stereocenters. The molecule has 0 bridgehead atoms. The molecule has 0 fully saturated rings. The molecule has 7 heteroatoms. The molecule has 1 aromatic carbocycles. The normalized spacial score (nSPS) is 11.5. The second kappa shape index (κ2) is 12.1. The van der Waals surface area contributed by atoms with E-state index in [-0.39, 0.29) is 0 Å². The van der Waals surface area contributed by atoms with E-state index in [1.165, 1.54) is 0 Å². The minimum Gasteiger partial charge on any atom is -0.444 e. The zero-order valence-corrected chi connectivity index (χ0v) is 15.5. The van der Waals surface area contributed by atoms with Crippen molar-refractivity contribution in [2.75, 3.05) is 40.0 Å². The highest BCUT2D eigenvalue weighted by molar-refractivity contribution is 5.79. The van der Waals surface area contributed by atoms with Crippen molar-refractivity contribution in [2.24, 2.45) is 4.99 Å². The lowest BCUT2D eigenvalue weighted by Gasteiger charge is -2.11. The minimum atomic E-state index is 0.454. The van der Waals surface area contributed by atoms with Gasteiger partial charge in [0.2, 0.25) is 5.89 Å². The van der Waals surface area contributed by atoms with Crippen LogP contribution in [0.15, 0.2) is 46.0 Å². The fraction of sp³-hybridized carbons (Fsp3) is 0.474. The zero-order chi connectivity index (χ0) is 18.5. The van der Waals surface area contributed by atoms with Crippen LogP contribution < -0.4 is 10.6 Å². The smallest absolute Gasteiger partial charge is 0.226 e.